The summed E-state index contributed by atoms with van der Waals surface area (Å²) in [5, 5.41) is 4.08. The number of benzene rings is 2. The summed E-state index contributed by atoms with van der Waals surface area (Å²) in [4.78, 5) is 32.8. The Labute approximate surface area is 297 Å². The minimum Gasteiger partial charge on any atom is -0.496 e. The number of rotatable bonds is 13. The fourth-order valence-corrected chi connectivity index (χ4v) is 6.50. The number of hydrogen-bond acceptors (Lipinski definition) is 8. The van der Waals surface area contributed by atoms with E-state index < -0.39 is 0 Å². The third kappa shape index (κ3) is 12.4. The average Bonchev–Trinajstić information content (AvgIpc) is 3.46. The molecule has 0 radical (unpaired) electrons. The van der Waals surface area contributed by atoms with Crippen molar-refractivity contribution in [2.75, 3.05) is 33.3 Å². The van der Waals surface area contributed by atoms with E-state index in [9.17, 15) is 14.0 Å². The zero-order valence-corrected chi connectivity index (χ0v) is 32.6. The molecule has 0 aliphatic rings. The van der Waals surface area contributed by atoms with Crippen LogP contribution >= 0.6 is 20.6 Å². The SMILES string of the molecule is CCCC(=O)c1c(OC)ccc2nc(C)sc12.CCCC(C)C(C)C(C)COC.COc1cc(C(=O)Nc2ccc(F)c(P)c2)c(C)cn1. The van der Waals surface area contributed by atoms with Crippen molar-refractivity contribution in [3.05, 3.63) is 70.1 Å². The van der Waals surface area contributed by atoms with Gasteiger partial charge in [-0.2, -0.15) is 0 Å². The van der Waals surface area contributed by atoms with E-state index >= 15 is 0 Å². The summed E-state index contributed by atoms with van der Waals surface area (Å²) in [6.45, 7) is 15.9. The number of amides is 1. The number of hydrogen-bond donors (Lipinski definition) is 1. The van der Waals surface area contributed by atoms with Crippen LogP contribution < -0.4 is 20.1 Å². The fraction of sp³-hybridized carbons (Fsp3) is 0.474. The smallest absolute Gasteiger partial charge is 0.256 e. The number of nitrogens with one attached hydrogen (secondary N) is 1. The van der Waals surface area contributed by atoms with Crippen LogP contribution in [-0.2, 0) is 4.74 Å². The normalized spacial score (nSPS) is 12.5. The topological polar surface area (TPSA) is 99.6 Å². The van der Waals surface area contributed by atoms with E-state index in [2.05, 4.69) is 52.2 Å². The number of ketones is 1. The second-order valence-corrected chi connectivity index (χ2v) is 14.0. The van der Waals surface area contributed by atoms with Crippen molar-refractivity contribution in [3.8, 4) is 11.6 Å². The molecule has 49 heavy (non-hydrogen) atoms. The van der Waals surface area contributed by atoms with Crippen LogP contribution in [0.2, 0.25) is 0 Å². The molecule has 8 nitrogen and oxygen atoms in total. The van der Waals surface area contributed by atoms with E-state index in [-0.39, 0.29) is 17.5 Å². The number of aromatic nitrogens is 2. The largest absolute Gasteiger partial charge is 0.496 e. The molecule has 1 N–H and O–H groups in total. The van der Waals surface area contributed by atoms with Gasteiger partial charge >= 0.3 is 0 Å². The maximum Gasteiger partial charge on any atom is 0.256 e. The van der Waals surface area contributed by atoms with Crippen LogP contribution in [0.5, 0.6) is 11.6 Å². The predicted molar refractivity (Wildman–Crippen MR) is 204 cm³/mol. The Morgan fingerprint density at radius 3 is 2.29 bits per heavy atom. The minimum atomic E-state index is -0.338. The maximum atomic E-state index is 13.2. The molecule has 0 aliphatic heterocycles. The number of nitrogens with zero attached hydrogens (tertiary/aromatic N) is 2. The van der Waals surface area contributed by atoms with Crippen molar-refractivity contribution >= 4 is 53.5 Å². The molecule has 4 unspecified atom stereocenters. The Morgan fingerprint density at radius 1 is 0.980 bits per heavy atom. The number of methoxy groups -OCH3 is 3. The van der Waals surface area contributed by atoms with E-state index in [1.165, 1.54) is 32.1 Å². The van der Waals surface area contributed by atoms with E-state index in [0.29, 0.717) is 46.1 Å². The van der Waals surface area contributed by atoms with Crippen LogP contribution in [0.4, 0.5) is 10.1 Å². The Morgan fingerprint density at radius 2 is 1.69 bits per heavy atom. The summed E-state index contributed by atoms with van der Waals surface area (Å²) in [6, 6.07) is 9.65. The van der Waals surface area contributed by atoms with Crippen molar-refractivity contribution in [1.29, 1.82) is 0 Å². The first-order chi connectivity index (χ1) is 23.3. The maximum absolute atomic E-state index is 13.2. The van der Waals surface area contributed by atoms with Gasteiger partial charge in [0.1, 0.15) is 11.6 Å². The molecule has 4 rings (SSSR count). The average molecular weight is 714 g/mol. The molecule has 0 spiro atoms. The highest BCUT2D eigenvalue weighted by molar-refractivity contribution is 7.27. The minimum absolute atomic E-state index is 0.138. The lowest BCUT2D eigenvalue weighted by Crippen LogP contribution is -2.20. The third-order valence-electron chi connectivity index (χ3n) is 8.36. The molecule has 0 fully saturated rings. The number of thiazole rings is 1. The van der Waals surface area contributed by atoms with E-state index in [1.54, 1.807) is 50.8 Å². The molecule has 4 aromatic rings. The first-order valence-electron chi connectivity index (χ1n) is 16.6. The molecule has 0 saturated heterocycles. The molecular formula is C38H53FN3O5PS. The predicted octanol–water partition coefficient (Wildman–Crippen LogP) is 9.23. The van der Waals surface area contributed by atoms with Gasteiger partial charge in [-0.3, -0.25) is 9.59 Å². The molecule has 4 atom stereocenters. The fourth-order valence-electron chi connectivity index (χ4n) is 5.25. The molecule has 1 amide bonds. The zero-order valence-electron chi connectivity index (χ0n) is 30.6. The summed E-state index contributed by atoms with van der Waals surface area (Å²) in [5.74, 6) is 2.83. The first-order valence-corrected chi connectivity index (χ1v) is 18.0. The summed E-state index contributed by atoms with van der Waals surface area (Å²) >= 11 is 1.55. The van der Waals surface area contributed by atoms with Crippen LogP contribution in [0.25, 0.3) is 10.2 Å². The highest BCUT2D eigenvalue weighted by Crippen LogP contribution is 2.33. The monoisotopic (exact) mass is 713 g/mol. The molecule has 2 heterocycles. The second kappa shape index (κ2) is 20.9. The Bertz CT molecular complexity index is 1650. The lowest BCUT2D eigenvalue weighted by molar-refractivity contribution is 0.0979. The van der Waals surface area contributed by atoms with Gasteiger partial charge in [-0.25, -0.2) is 14.4 Å². The first kappa shape index (κ1) is 41.7. The number of halogens is 1. The van der Waals surface area contributed by atoms with Crippen LogP contribution in [0.15, 0.2) is 42.6 Å². The van der Waals surface area contributed by atoms with Crippen molar-refractivity contribution < 1.29 is 28.2 Å². The number of carbonyl (C=O) groups is 2. The zero-order chi connectivity index (χ0) is 36.7. The van der Waals surface area contributed by atoms with Gasteiger partial charge in [-0.15, -0.1) is 20.6 Å². The van der Waals surface area contributed by atoms with Gasteiger partial charge in [0.2, 0.25) is 5.88 Å². The Hall–Kier alpha value is -3.46. The standard InChI is InChI=1S/C14H14FN2O2P.C13H15NO2S.C11H24O/c1-8-7-16-13(19-2)6-10(8)14(18)17-9-3-4-11(15)12(20)5-9;1-4-5-10(15)12-11(16-3)7-6-9-13(12)17-8(2)14-9;1-6-7-9(2)11(4)10(3)8-12-5/h3-7H,20H2,1-2H3,(H,17,18);6-7H,4-5H2,1-3H3;9-11H,6-8H2,1-5H3. The van der Waals surface area contributed by atoms with Crippen molar-refractivity contribution in [2.45, 2.75) is 74.1 Å². The molecule has 268 valence electrons. The Kier molecular flexibility index (Phi) is 17.8. The highest BCUT2D eigenvalue weighted by Gasteiger charge is 2.19. The van der Waals surface area contributed by atoms with Crippen LogP contribution in [0, 0.1) is 37.4 Å². The number of aryl methyl sites for hydroxylation is 2. The highest BCUT2D eigenvalue weighted by atomic mass is 32.1. The van der Waals surface area contributed by atoms with Gasteiger partial charge in [0.25, 0.3) is 5.91 Å². The lowest BCUT2D eigenvalue weighted by Gasteiger charge is -2.25. The molecule has 2 aromatic carbocycles. The molecular weight excluding hydrogens is 660 g/mol. The third-order valence-corrected chi connectivity index (χ3v) is 9.80. The second-order valence-electron chi connectivity index (χ2n) is 12.2. The van der Waals surface area contributed by atoms with Crippen LogP contribution in [-0.4, -0.2) is 49.6 Å². The summed E-state index contributed by atoms with van der Waals surface area (Å²) < 4.78 is 29.6. The quantitative estimate of drug-likeness (QED) is 0.109. The van der Waals surface area contributed by atoms with Crippen molar-refractivity contribution in [3.63, 3.8) is 0 Å². The summed E-state index contributed by atoms with van der Waals surface area (Å²) in [5.41, 5.74) is 3.30. The summed E-state index contributed by atoms with van der Waals surface area (Å²) in [6.07, 6.45) is 5.60. The van der Waals surface area contributed by atoms with Gasteiger partial charge in [-0.1, -0.05) is 47.5 Å². The van der Waals surface area contributed by atoms with E-state index in [1.807, 2.05) is 26.0 Å². The number of pyridine rings is 1. The van der Waals surface area contributed by atoms with Gasteiger partial charge in [0, 0.05) is 49.0 Å². The van der Waals surface area contributed by atoms with Crippen LogP contribution in [0.3, 0.4) is 0 Å². The van der Waals surface area contributed by atoms with Gasteiger partial charge < -0.3 is 19.5 Å². The van der Waals surface area contributed by atoms with Gasteiger partial charge in [-0.05, 0) is 73.9 Å². The van der Waals surface area contributed by atoms with Crippen molar-refractivity contribution in [1.82, 2.24) is 9.97 Å². The van der Waals surface area contributed by atoms with E-state index in [0.717, 1.165) is 45.7 Å². The number of anilines is 1. The van der Waals surface area contributed by atoms with Gasteiger partial charge in [0.15, 0.2) is 5.78 Å². The summed E-state index contributed by atoms with van der Waals surface area (Å²) in [7, 11) is 7.15. The molecule has 0 bridgehead atoms. The number of Topliss-reactive ketones (excluding diaryl/α,β-unsaturated/α-hetero) is 1. The molecule has 11 heteroatoms. The lowest BCUT2D eigenvalue weighted by atomic mass is 9.83. The molecule has 0 aliphatic carbocycles. The molecule has 2 aromatic heterocycles. The Balaban J connectivity index is 0.000000264. The number of carbonyl (C=O) groups excluding carboxylic acids is 2. The van der Waals surface area contributed by atoms with Crippen LogP contribution in [0.1, 0.15) is 91.6 Å². The van der Waals surface area contributed by atoms with E-state index in [4.69, 9.17) is 14.2 Å². The van der Waals surface area contributed by atoms with Gasteiger partial charge in [0.05, 0.1) is 35.0 Å². The van der Waals surface area contributed by atoms with Crippen molar-refractivity contribution in [2.24, 2.45) is 17.8 Å². The number of fused-ring (bicyclic) bond motifs is 1. The molecule has 0 saturated carbocycles. The number of ether oxygens (including phenoxy) is 3.